The summed E-state index contributed by atoms with van der Waals surface area (Å²) >= 11 is 0. The first-order valence-electron chi connectivity index (χ1n) is 6.63. The Labute approximate surface area is 110 Å². The van der Waals surface area contributed by atoms with E-state index in [1.54, 1.807) is 7.05 Å². The fourth-order valence-electron chi connectivity index (χ4n) is 2.28. The highest BCUT2D eigenvalue weighted by Gasteiger charge is 2.30. The van der Waals surface area contributed by atoms with Gasteiger partial charge in [-0.05, 0) is 25.8 Å². The van der Waals surface area contributed by atoms with Crippen LogP contribution in [0.2, 0.25) is 0 Å². The predicted molar refractivity (Wildman–Crippen MR) is 72.0 cm³/mol. The van der Waals surface area contributed by atoms with Crippen LogP contribution in [0.1, 0.15) is 38.5 Å². The molecular weight excluding hydrogens is 252 g/mol. The highest BCUT2D eigenvalue weighted by molar-refractivity contribution is 7.92. The Morgan fingerprint density at radius 3 is 2.44 bits per heavy atom. The van der Waals surface area contributed by atoms with Crippen LogP contribution >= 0.6 is 0 Å². The van der Waals surface area contributed by atoms with Crippen molar-refractivity contribution in [3.8, 4) is 0 Å². The van der Waals surface area contributed by atoms with Crippen molar-refractivity contribution in [2.75, 3.05) is 25.9 Å². The van der Waals surface area contributed by atoms with Crippen molar-refractivity contribution in [3.05, 3.63) is 0 Å². The van der Waals surface area contributed by atoms with Gasteiger partial charge in [0.2, 0.25) is 5.91 Å². The first-order chi connectivity index (χ1) is 8.47. The summed E-state index contributed by atoms with van der Waals surface area (Å²) in [6.07, 6.45) is 5.15. The third-order valence-electron chi connectivity index (χ3n) is 3.51. The van der Waals surface area contributed by atoms with Gasteiger partial charge in [0.15, 0.2) is 9.84 Å². The van der Waals surface area contributed by atoms with Gasteiger partial charge in [-0.2, -0.15) is 0 Å². The van der Waals surface area contributed by atoms with Gasteiger partial charge in [-0.15, -0.1) is 0 Å². The number of amides is 1. The summed E-state index contributed by atoms with van der Waals surface area (Å²) in [5.41, 5.74) is 5.36. The van der Waals surface area contributed by atoms with Crippen LogP contribution in [-0.4, -0.2) is 50.4 Å². The second-order valence-corrected chi connectivity index (χ2v) is 7.31. The molecule has 0 radical (unpaired) electrons. The van der Waals surface area contributed by atoms with Crippen molar-refractivity contribution < 1.29 is 13.2 Å². The van der Waals surface area contributed by atoms with Crippen LogP contribution in [0.4, 0.5) is 0 Å². The molecule has 1 saturated carbocycles. The first kappa shape index (κ1) is 15.4. The van der Waals surface area contributed by atoms with E-state index in [0.29, 0.717) is 32.4 Å². The minimum atomic E-state index is -3.28. The summed E-state index contributed by atoms with van der Waals surface area (Å²) in [5.74, 6) is -0.660. The molecule has 1 aliphatic carbocycles. The minimum Gasteiger partial charge on any atom is -0.345 e. The molecule has 0 bridgehead atoms. The molecule has 18 heavy (non-hydrogen) atoms. The van der Waals surface area contributed by atoms with Crippen LogP contribution in [-0.2, 0) is 14.6 Å². The van der Waals surface area contributed by atoms with Gasteiger partial charge in [0.1, 0.15) is 5.75 Å². The zero-order valence-electron chi connectivity index (χ0n) is 11.1. The number of nitrogens with zero attached hydrogens (tertiary/aromatic N) is 1. The molecule has 0 aromatic heterocycles. The largest absolute Gasteiger partial charge is 0.345 e. The lowest BCUT2D eigenvalue weighted by Crippen LogP contribution is -2.37. The van der Waals surface area contributed by atoms with Crippen molar-refractivity contribution in [3.63, 3.8) is 0 Å². The standard InChI is InChI=1S/C12H24N2O3S/c1-14(9-5-8-13)12(15)10-18(16,17)11-6-3-2-4-7-11/h11H,2-10,13H2,1H3. The van der Waals surface area contributed by atoms with Crippen molar-refractivity contribution >= 4 is 15.7 Å². The number of carbonyl (C=O) groups excluding carboxylic acids is 1. The number of nitrogens with two attached hydrogens (primary N) is 1. The maximum atomic E-state index is 12.1. The van der Waals surface area contributed by atoms with Crippen molar-refractivity contribution in [1.82, 2.24) is 4.90 Å². The van der Waals surface area contributed by atoms with Crippen LogP contribution in [0.15, 0.2) is 0 Å². The summed E-state index contributed by atoms with van der Waals surface area (Å²) in [6, 6.07) is 0. The third kappa shape index (κ3) is 4.57. The van der Waals surface area contributed by atoms with E-state index in [0.717, 1.165) is 19.3 Å². The summed E-state index contributed by atoms with van der Waals surface area (Å²) < 4.78 is 24.2. The predicted octanol–water partition coefficient (Wildman–Crippen LogP) is 0.541. The van der Waals surface area contributed by atoms with E-state index >= 15 is 0 Å². The molecule has 0 aromatic rings. The first-order valence-corrected chi connectivity index (χ1v) is 8.34. The Hall–Kier alpha value is -0.620. The molecular formula is C12H24N2O3S. The van der Waals surface area contributed by atoms with E-state index in [1.165, 1.54) is 4.90 Å². The fraction of sp³-hybridized carbons (Fsp3) is 0.917. The number of hydrogen-bond donors (Lipinski definition) is 1. The number of sulfone groups is 1. The molecule has 0 aromatic carbocycles. The van der Waals surface area contributed by atoms with Crippen LogP contribution in [0.3, 0.4) is 0 Å². The SMILES string of the molecule is CN(CCCN)C(=O)CS(=O)(=O)C1CCCCC1. The van der Waals surface area contributed by atoms with Gasteiger partial charge in [0.25, 0.3) is 0 Å². The highest BCUT2D eigenvalue weighted by atomic mass is 32.2. The molecule has 1 aliphatic rings. The monoisotopic (exact) mass is 276 g/mol. The normalized spacial score (nSPS) is 17.7. The van der Waals surface area contributed by atoms with E-state index in [-0.39, 0.29) is 16.9 Å². The molecule has 0 unspecified atom stereocenters. The molecule has 1 rings (SSSR count). The van der Waals surface area contributed by atoms with E-state index in [4.69, 9.17) is 5.73 Å². The van der Waals surface area contributed by atoms with Gasteiger partial charge in [-0.1, -0.05) is 19.3 Å². The van der Waals surface area contributed by atoms with Crippen molar-refractivity contribution in [2.24, 2.45) is 5.73 Å². The third-order valence-corrected chi connectivity index (χ3v) is 5.64. The average molecular weight is 276 g/mol. The average Bonchev–Trinajstić information content (AvgIpc) is 2.36. The van der Waals surface area contributed by atoms with Gasteiger partial charge >= 0.3 is 0 Å². The molecule has 1 fully saturated rings. The quantitative estimate of drug-likeness (QED) is 0.768. The number of rotatable bonds is 6. The van der Waals surface area contributed by atoms with Crippen LogP contribution in [0, 0.1) is 0 Å². The van der Waals surface area contributed by atoms with E-state index in [2.05, 4.69) is 0 Å². The van der Waals surface area contributed by atoms with Crippen molar-refractivity contribution in [1.29, 1.82) is 0 Å². The topological polar surface area (TPSA) is 80.5 Å². The summed E-state index contributed by atoms with van der Waals surface area (Å²) in [4.78, 5) is 13.3. The lowest BCUT2D eigenvalue weighted by molar-refractivity contribution is -0.127. The minimum absolute atomic E-state index is 0.307. The molecule has 1 amide bonds. The van der Waals surface area contributed by atoms with E-state index < -0.39 is 9.84 Å². The van der Waals surface area contributed by atoms with Crippen molar-refractivity contribution in [2.45, 2.75) is 43.8 Å². The number of hydrogen-bond acceptors (Lipinski definition) is 4. The molecule has 0 heterocycles. The molecule has 2 N–H and O–H groups in total. The Kier molecular flexibility index (Phi) is 6.08. The molecule has 5 nitrogen and oxygen atoms in total. The Morgan fingerprint density at radius 2 is 1.89 bits per heavy atom. The highest BCUT2D eigenvalue weighted by Crippen LogP contribution is 2.24. The maximum Gasteiger partial charge on any atom is 0.237 e. The van der Waals surface area contributed by atoms with Gasteiger partial charge < -0.3 is 10.6 Å². The van der Waals surface area contributed by atoms with Crippen LogP contribution < -0.4 is 5.73 Å². The summed E-state index contributed by atoms with van der Waals surface area (Å²) in [6.45, 7) is 1.03. The second kappa shape index (κ2) is 7.09. The molecule has 0 atom stereocenters. The zero-order valence-corrected chi connectivity index (χ0v) is 11.9. The molecule has 0 aliphatic heterocycles. The summed E-state index contributed by atoms with van der Waals surface area (Å²) in [5, 5.41) is -0.307. The van der Waals surface area contributed by atoms with E-state index in [9.17, 15) is 13.2 Å². The Morgan fingerprint density at radius 1 is 1.28 bits per heavy atom. The zero-order chi connectivity index (χ0) is 13.6. The Bertz CT molecular complexity index is 362. The van der Waals surface area contributed by atoms with Crippen LogP contribution in [0.25, 0.3) is 0 Å². The number of carbonyl (C=O) groups is 1. The van der Waals surface area contributed by atoms with Gasteiger partial charge in [-0.3, -0.25) is 4.79 Å². The van der Waals surface area contributed by atoms with Crippen LogP contribution in [0.5, 0.6) is 0 Å². The molecule has 106 valence electrons. The Balaban J connectivity index is 2.51. The van der Waals surface area contributed by atoms with Gasteiger partial charge in [0, 0.05) is 13.6 Å². The van der Waals surface area contributed by atoms with Gasteiger partial charge in [0.05, 0.1) is 5.25 Å². The maximum absolute atomic E-state index is 12.1. The second-order valence-electron chi connectivity index (χ2n) is 5.02. The molecule has 6 heteroatoms. The summed E-state index contributed by atoms with van der Waals surface area (Å²) in [7, 11) is -1.64. The van der Waals surface area contributed by atoms with E-state index in [1.807, 2.05) is 0 Å². The van der Waals surface area contributed by atoms with Gasteiger partial charge in [-0.25, -0.2) is 8.42 Å². The lowest BCUT2D eigenvalue weighted by atomic mass is 10.0. The smallest absolute Gasteiger partial charge is 0.237 e. The fourth-order valence-corrected chi connectivity index (χ4v) is 4.13. The lowest BCUT2D eigenvalue weighted by Gasteiger charge is -2.23. The molecule has 0 saturated heterocycles. The molecule has 0 spiro atoms.